The zero-order valence-electron chi connectivity index (χ0n) is 10.9. The number of aromatic nitrogens is 1. The van der Waals surface area contributed by atoms with Crippen LogP contribution in [-0.2, 0) is 0 Å². The Balaban J connectivity index is 1.61. The Bertz CT molecular complexity index is 705. The maximum atomic E-state index is 12.0. The molecule has 0 aromatic carbocycles. The summed E-state index contributed by atoms with van der Waals surface area (Å²) in [7, 11) is 0. The number of hydrogen-bond donors (Lipinski definition) is 2. The van der Waals surface area contributed by atoms with E-state index in [4.69, 9.17) is 4.42 Å². The van der Waals surface area contributed by atoms with Crippen molar-refractivity contribution < 1.29 is 14.3 Å². The Kier molecular flexibility index (Phi) is 4.14. The van der Waals surface area contributed by atoms with Crippen molar-refractivity contribution in [3.8, 4) is 10.6 Å². The second kappa shape index (κ2) is 6.21. The predicted octanol–water partition coefficient (Wildman–Crippen LogP) is 2.93. The molecule has 0 aliphatic carbocycles. The van der Waals surface area contributed by atoms with Gasteiger partial charge in [0.2, 0.25) is 0 Å². The third-order valence-electron chi connectivity index (χ3n) is 2.89. The van der Waals surface area contributed by atoms with Crippen LogP contribution in [0.5, 0.6) is 0 Å². The fraction of sp³-hybridized carbons (Fsp3) is 0.143. The van der Waals surface area contributed by atoms with E-state index in [2.05, 4.69) is 10.3 Å². The molecule has 0 radical (unpaired) electrons. The van der Waals surface area contributed by atoms with Gasteiger partial charge >= 0.3 is 0 Å². The molecule has 0 aliphatic rings. The molecule has 3 aromatic heterocycles. The molecule has 0 bridgehead atoms. The van der Waals surface area contributed by atoms with E-state index < -0.39 is 6.10 Å². The highest BCUT2D eigenvalue weighted by Gasteiger charge is 2.14. The van der Waals surface area contributed by atoms with E-state index in [0.717, 1.165) is 16.1 Å². The van der Waals surface area contributed by atoms with Crippen molar-refractivity contribution in [2.24, 2.45) is 0 Å². The summed E-state index contributed by atoms with van der Waals surface area (Å²) in [5.41, 5.74) is 1.99. The fourth-order valence-corrected chi connectivity index (χ4v) is 3.25. The molecule has 5 nitrogen and oxygen atoms in total. The molecule has 0 saturated carbocycles. The summed E-state index contributed by atoms with van der Waals surface area (Å²) >= 11 is 2.88. The van der Waals surface area contributed by atoms with Crippen molar-refractivity contribution in [1.29, 1.82) is 0 Å². The van der Waals surface area contributed by atoms with E-state index in [1.165, 1.54) is 22.7 Å². The van der Waals surface area contributed by atoms with E-state index in [1.807, 2.05) is 16.8 Å². The number of aliphatic hydroxyl groups excluding tert-OH is 1. The van der Waals surface area contributed by atoms with Crippen molar-refractivity contribution in [2.45, 2.75) is 6.10 Å². The van der Waals surface area contributed by atoms with Crippen molar-refractivity contribution >= 4 is 28.6 Å². The van der Waals surface area contributed by atoms with Crippen LogP contribution < -0.4 is 5.32 Å². The van der Waals surface area contributed by atoms with Crippen LogP contribution in [0.4, 0.5) is 0 Å². The van der Waals surface area contributed by atoms with Gasteiger partial charge in [0.25, 0.3) is 5.91 Å². The summed E-state index contributed by atoms with van der Waals surface area (Å²) in [5, 5.41) is 18.8. The third kappa shape index (κ3) is 3.21. The molecule has 3 aromatic rings. The molecule has 21 heavy (non-hydrogen) atoms. The normalized spacial score (nSPS) is 12.2. The lowest BCUT2D eigenvalue weighted by Crippen LogP contribution is -2.28. The Labute approximate surface area is 128 Å². The minimum atomic E-state index is -0.702. The van der Waals surface area contributed by atoms with Gasteiger partial charge in [-0.1, -0.05) is 0 Å². The number of aliphatic hydroxyl groups is 1. The van der Waals surface area contributed by atoms with Gasteiger partial charge in [-0.3, -0.25) is 4.79 Å². The number of rotatable bonds is 5. The number of nitrogens with one attached hydrogen (secondary N) is 1. The molecule has 1 unspecified atom stereocenters. The van der Waals surface area contributed by atoms with Gasteiger partial charge < -0.3 is 14.8 Å². The molecular weight excluding hydrogens is 308 g/mol. The number of thiophene rings is 1. The first-order chi connectivity index (χ1) is 10.2. The molecule has 108 valence electrons. The minimum absolute atomic E-state index is 0.161. The predicted molar refractivity (Wildman–Crippen MR) is 81.4 cm³/mol. The lowest BCUT2D eigenvalue weighted by atomic mass is 10.2. The second-order valence-corrected chi connectivity index (χ2v) is 5.97. The van der Waals surface area contributed by atoms with Crippen LogP contribution in [0.25, 0.3) is 10.6 Å². The quantitative estimate of drug-likeness (QED) is 0.758. The third-order valence-corrected chi connectivity index (χ3v) is 4.48. The highest BCUT2D eigenvalue weighted by atomic mass is 32.1. The first kappa shape index (κ1) is 14.0. The molecule has 0 fully saturated rings. The fourth-order valence-electron chi connectivity index (χ4n) is 1.76. The Morgan fingerprint density at radius 2 is 2.33 bits per heavy atom. The van der Waals surface area contributed by atoms with Gasteiger partial charge in [-0.05, 0) is 28.5 Å². The SMILES string of the molecule is O=C(NCC(O)c1ccsc1)c1csc(-c2ccoc2)n1. The maximum Gasteiger partial charge on any atom is 0.270 e. The van der Waals surface area contributed by atoms with Gasteiger partial charge in [-0.15, -0.1) is 11.3 Å². The van der Waals surface area contributed by atoms with E-state index in [1.54, 1.807) is 24.0 Å². The zero-order chi connectivity index (χ0) is 14.7. The summed E-state index contributed by atoms with van der Waals surface area (Å²) in [5.74, 6) is -0.296. The number of nitrogens with zero attached hydrogens (tertiary/aromatic N) is 1. The summed E-state index contributed by atoms with van der Waals surface area (Å²) < 4.78 is 4.99. The van der Waals surface area contributed by atoms with Crippen LogP contribution in [-0.4, -0.2) is 22.5 Å². The van der Waals surface area contributed by atoms with Crippen molar-refractivity contribution in [3.05, 3.63) is 52.1 Å². The summed E-state index contributed by atoms with van der Waals surface area (Å²) in [4.78, 5) is 16.3. The molecular formula is C14H12N2O3S2. The molecule has 0 spiro atoms. The molecule has 0 aliphatic heterocycles. The van der Waals surface area contributed by atoms with Gasteiger partial charge in [0.1, 0.15) is 17.0 Å². The smallest absolute Gasteiger partial charge is 0.270 e. The Morgan fingerprint density at radius 1 is 1.43 bits per heavy atom. The maximum absolute atomic E-state index is 12.0. The number of furan rings is 1. The van der Waals surface area contributed by atoms with Gasteiger partial charge in [0.05, 0.1) is 12.4 Å². The lowest BCUT2D eigenvalue weighted by molar-refractivity contribution is 0.0912. The molecule has 1 amide bonds. The van der Waals surface area contributed by atoms with E-state index >= 15 is 0 Å². The second-order valence-electron chi connectivity index (χ2n) is 4.33. The van der Waals surface area contributed by atoms with Gasteiger partial charge in [-0.2, -0.15) is 11.3 Å². The topological polar surface area (TPSA) is 75.4 Å². The van der Waals surface area contributed by atoms with E-state index in [9.17, 15) is 9.90 Å². The first-order valence-electron chi connectivity index (χ1n) is 6.20. The van der Waals surface area contributed by atoms with Crippen LogP contribution in [0.2, 0.25) is 0 Å². The van der Waals surface area contributed by atoms with Gasteiger partial charge in [0, 0.05) is 17.5 Å². The largest absolute Gasteiger partial charge is 0.472 e. The van der Waals surface area contributed by atoms with Crippen molar-refractivity contribution in [1.82, 2.24) is 10.3 Å². The van der Waals surface area contributed by atoms with Crippen molar-refractivity contribution in [2.75, 3.05) is 6.54 Å². The molecule has 0 saturated heterocycles. The monoisotopic (exact) mass is 320 g/mol. The van der Waals surface area contributed by atoms with Crippen LogP contribution in [0, 0.1) is 0 Å². The standard InChI is InChI=1S/C14H12N2O3S2/c17-12(10-2-4-20-7-10)5-15-13(18)11-8-21-14(16-11)9-1-3-19-6-9/h1-4,6-8,12,17H,5H2,(H,15,18). The number of carbonyl (C=O) groups is 1. The van der Waals surface area contributed by atoms with E-state index in [0.29, 0.717) is 5.69 Å². The highest BCUT2D eigenvalue weighted by molar-refractivity contribution is 7.13. The summed E-state index contributed by atoms with van der Waals surface area (Å²) in [6.45, 7) is 0.161. The molecule has 2 N–H and O–H groups in total. The number of thiazole rings is 1. The summed E-state index contributed by atoms with van der Waals surface area (Å²) in [6, 6.07) is 3.63. The van der Waals surface area contributed by atoms with Gasteiger partial charge in [0.15, 0.2) is 0 Å². The van der Waals surface area contributed by atoms with Crippen LogP contribution in [0.15, 0.2) is 45.2 Å². The molecule has 3 rings (SSSR count). The molecule has 1 atom stereocenters. The van der Waals surface area contributed by atoms with Crippen LogP contribution >= 0.6 is 22.7 Å². The lowest BCUT2D eigenvalue weighted by Gasteiger charge is -2.09. The number of amides is 1. The minimum Gasteiger partial charge on any atom is -0.472 e. The number of hydrogen-bond acceptors (Lipinski definition) is 6. The van der Waals surface area contributed by atoms with E-state index in [-0.39, 0.29) is 12.5 Å². The zero-order valence-corrected chi connectivity index (χ0v) is 12.5. The molecule has 3 heterocycles. The van der Waals surface area contributed by atoms with Crippen molar-refractivity contribution in [3.63, 3.8) is 0 Å². The first-order valence-corrected chi connectivity index (χ1v) is 8.03. The average Bonchev–Trinajstić information content (AvgIpc) is 3.25. The van der Waals surface area contributed by atoms with Crippen LogP contribution in [0.3, 0.4) is 0 Å². The molecule has 7 heteroatoms. The summed E-state index contributed by atoms with van der Waals surface area (Å²) in [6.07, 6.45) is 2.45. The Morgan fingerprint density at radius 3 is 3.05 bits per heavy atom. The average molecular weight is 320 g/mol. The number of carbonyl (C=O) groups excluding carboxylic acids is 1. The highest BCUT2D eigenvalue weighted by Crippen LogP contribution is 2.24. The Hall–Kier alpha value is -1.96. The van der Waals surface area contributed by atoms with Gasteiger partial charge in [-0.25, -0.2) is 4.98 Å². The van der Waals surface area contributed by atoms with Crippen LogP contribution in [0.1, 0.15) is 22.2 Å².